The normalized spacial score (nSPS) is 11.8. The predicted octanol–water partition coefficient (Wildman–Crippen LogP) is 3.16. The van der Waals surface area contributed by atoms with E-state index in [1.807, 2.05) is 6.92 Å². The molecule has 0 aliphatic carbocycles. The van der Waals surface area contributed by atoms with Crippen LogP contribution in [0.4, 0.5) is 4.39 Å². The van der Waals surface area contributed by atoms with Gasteiger partial charge in [0.2, 0.25) is 5.76 Å². The van der Waals surface area contributed by atoms with Crippen LogP contribution in [0.1, 0.15) is 30.8 Å². The summed E-state index contributed by atoms with van der Waals surface area (Å²) in [6, 6.07) is 8.95. The lowest BCUT2D eigenvalue weighted by Crippen LogP contribution is -2.36. The molecular formula is C17H18FNO4. The Balaban J connectivity index is 2.04. The van der Waals surface area contributed by atoms with E-state index in [0.29, 0.717) is 6.54 Å². The molecule has 0 fully saturated rings. The number of hydrogen-bond acceptors (Lipinski definition) is 4. The van der Waals surface area contributed by atoms with Crippen LogP contribution in [0.2, 0.25) is 0 Å². The van der Waals surface area contributed by atoms with Gasteiger partial charge in [0.05, 0.1) is 5.56 Å². The average Bonchev–Trinajstić information content (AvgIpc) is 3.02. The summed E-state index contributed by atoms with van der Waals surface area (Å²) < 4.78 is 24.1. The number of halogens is 1. The summed E-state index contributed by atoms with van der Waals surface area (Å²) in [5.41, 5.74) is 0.250. The van der Waals surface area contributed by atoms with Gasteiger partial charge in [0, 0.05) is 6.54 Å². The summed E-state index contributed by atoms with van der Waals surface area (Å²) in [4.78, 5) is 23.6. The minimum absolute atomic E-state index is 0.0848. The van der Waals surface area contributed by atoms with Gasteiger partial charge in [-0.15, -0.1) is 0 Å². The van der Waals surface area contributed by atoms with Crippen molar-refractivity contribution in [2.75, 3.05) is 6.54 Å². The van der Waals surface area contributed by atoms with Crippen molar-refractivity contribution in [1.82, 2.24) is 5.32 Å². The smallest absolute Gasteiger partial charge is 0.375 e. The molecular weight excluding hydrogens is 301 g/mol. The van der Waals surface area contributed by atoms with Crippen molar-refractivity contribution in [2.45, 2.75) is 26.4 Å². The highest BCUT2D eigenvalue weighted by Gasteiger charge is 2.21. The molecule has 1 aromatic carbocycles. The Morgan fingerprint density at radius 3 is 2.70 bits per heavy atom. The van der Waals surface area contributed by atoms with Crippen LogP contribution < -0.4 is 5.32 Å². The maximum absolute atomic E-state index is 13.7. The molecule has 122 valence electrons. The fourth-order valence-electron chi connectivity index (χ4n) is 1.92. The summed E-state index contributed by atoms with van der Waals surface area (Å²) in [6.07, 6.45) is -0.146. The lowest BCUT2D eigenvalue weighted by atomic mass is 10.1. The molecule has 23 heavy (non-hydrogen) atoms. The molecule has 0 saturated heterocycles. The Morgan fingerprint density at radius 2 is 2.00 bits per heavy atom. The molecule has 0 aliphatic rings. The third-order valence-electron chi connectivity index (χ3n) is 3.15. The van der Waals surface area contributed by atoms with Crippen LogP contribution in [0, 0.1) is 5.82 Å². The van der Waals surface area contributed by atoms with Gasteiger partial charge in [-0.3, -0.25) is 4.79 Å². The molecule has 6 heteroatoms. The number of esters is 1. The molecule has 1 heterocycles. The van der Waals surface area contributed by atoms with Crippen LogP contribution in [0.3, 0.4) is 0 Å². The van der Waals surface area contributed by atoms with Crippen LogP contribution in [0.15, 0.2) is 40.8 Å². The number of benzene rings is 1. The zero-order chi connectivity index (χ0) is 16.8. The van der Waals surface area contributed by atoms with Gasteiger partial charge in [-0.2, -0.15) is 0 Å². The minimum Gasteiger partial charge on any atom is -0.449 e. The van der Waals surface area contributed by atoms with E-state index in [0.717, 1.165) is 6.42 Å². The molecule has 0 saturated carbocycles. The summed E-state index contributed by atoms with van der Waals surface area (Å²) in [7, 11) is 0. The molecule has 2 aromatic rings. The monoisotopic (exact) mass is 319 g/mol. The third-order valence-corrected chi connectivity index (χ3v) is 3.15. The fraction of sp³-hybridized carbons (Fsp3) is 0.294. The first-order valence-electron chi connectivity index (χ1n) is 7.36. The van der Waals surface area contributed by atoms with Crippen LogP contribution in [0.25, 0.3) is 11.3 Å². The molecule has 1 N–H and O–H groups in total. The van der Waals surface area contributed by atoms with E-state index in [1.165, 1.54) is 25.1 Å². The average molecular weight is 319 g/mol. The highest BCUT2D eigenvalue weighted by molar-refractivity contribution is 5.90. The Kier molecular flexibility index (Phi) is 5.51. The quantitative estimate of drug-likeness (QED) is 0.831. The van der Waals surface area contributed by atoms with E-state index in [9.17, 15) is 14.0 Å². The van der Waals surface area contributed by atoms with Crippen molar-refractivity contribution in [3.8, 4) is 11.3 Å². The SMILES string of the molecule is CCCNC(=O)[C@H](C)OC(=O)c1ccc(-c2ccccc2F)o1. The van der Waals surface area contributed by atoms with Crippen molar-refractivity contribution in [1.29, 1.82) is 0 Å². The molecule has 0 bridgehead atoms. The van der Waals surface area contributed by atoms with Crippen molar-refractivity contribution in [3.63, 3.8) is 0 Å². The zero-order valence-corrected chi connectivity index (χ0v) is 13.0. The predicted molar refractivity (Wildman–Crippen MR) is 82.3 cm³/mol. The summed E-state index contributed by atoms with van der Waals surface area (Å²) in [6.45, 7) is 3.91. The summed E-state index contributed by atoms with van der Waals surface area (Å²) in [5.74, 6) is -1.46. The first-order chi connectivity index (χ1) is 11.0. The van der Waals surface area contributed by atoms with E-state index in [2.05, 4.69) is 5.32 Å². The lowest BCUT2D eigenvalue weighted by Gasteiger charge is -2.12. The van der Waals surface area contributed by atoms with Gasteiger partial charge in [0.25, 0.3) is 5.91 Å². The molecule has 2 rings (SSSR count). The van der Waals surface area contributed by atoms with Gasteiger partial charge < -0.3 is 14.5 Å². The molecule has 0 aliphatic heterocycles. The molecule has 5 nitrogen and oxygen atoms in total. The highest BCUT2D eigenvalue weighted by Crippen LogP contribution is 2.25. The van der Waals surface area contributed by atoms with E-state index >= 15 is 0 Å². The Morgan fingerprint density at radius 1 is 1.26 bits per heavy atom. The number of carbonyl (C=O) groups excluding carboxylic acids is 2. The van der Waals surface area contributed by atoms with Gasteiger partial charge in [0.1, 0.15) is 11.6 Å². The van der Waals surface area contributed by atoms with Gasteiger partial charge in [0.15, 0.2) is 6.10 Å². The Hall–Kier alpha value is -2.63. The number of carbonyl (C=O) groups is 2. The van der Waals surface area contributed by atoms with E-state index in [-0.39, 0.29) is 23.0 Å². The second kappa shape index (κ2) is 7.58. The van der Waals surface area contributed by atoms with Crippen LogP contribution in [-0.4, -0.2) is 24.5 Å². The first kappa shape index (κ1) is 16.7. The number of ether oxygens (including phenoxy) is 1. The van der Waals surface area contributed by atoms with Crippen molar-refractivity contribution >= 4 is 11.9 Å². The molecule has 0 spiro atoms. The van der Waals surface area contributed by atoms with Crippen LogP contribution >= 0.6 is 0 Å². The molecule has 1 amide bonds. The first-order valence-corrected chi connectivity index (χ1v) is 7.36. The zero-order valence-electron chi connectivity index (χ0n) is 13.0. The number of nitrogens with one attached hydrogen (secondary N) is 1. The van der Waals surface area contributed by atoms with Crippen molar-refractivity contribution < 1.29 is 23.1 Å². The largest absolute Gasteiger partial charge is 0.449 e. The Labute approximate surface area is 133 Å². The maximum atomic E-state index is 13.7. The molecule has 0 unspecified atom stereocenters. The third kappa shape index (κ3) is 4.18. The standard InChI is InChI=1S/C17H18FNO4/c1-3-10-19-16(20)11(2)22-17(21)15-9-8-14(23-15)12-6-4-5-7-13(12)18/h4-9,11H,3,10H2,1-2H3,(H,19,20)/t11-/m0/s1. The van der Waals surface area contributed by atoms with Gasteiger partial charge in [-0.05, 0) is 37.6 Å². The van der Waals surface area contributed by atoms with E-state index < -0.39 is 17.9 Å². The molecule has 1 aromatic heterocycles. The number of hydrogen-bond donors (Lipinski definition) is 1. The van der Waals surface area contributed by atoms with Crippen molar-refractivity contribution in [2.24, 2.45) is 0 Å². The summed E-state index contributed by atoms with van der Waals surface area (Å²) >= 11 is 0. The van der Waals surface area contributed by atoms with Crippen LogP contribution in [-0.2, 0) is 9.53 Å². The molecule has 1 atom stereocenters. The number of furan rings is 1. The van der Waals surface area contributed by atoms with Gasteiger partial charge >= 0.3 is 5.97 Å². The maximum Gasteiger partial charge on any atom is 0.375 e. The van der Waals surface area contributed by atoms with E-state index in [4.69, 9.17) is 9.15 Å². The second-order valence-corrected chi connectivity index (χ2v) is 4.98. The number of amides is 1. The Bertz CT molecular complexity index is 695. The summed E-state index contributed by atoms with van der Waals surface area (Å²) in [5, 5.41) is 2.63. The van der Waals surface area contributed by atoms with Gasteiger partial charge in [-0.25, -0.2) is 9.18 Å². The topological polar surface area (TPSA) is 68.5 Å². The fourth-order valence-corrected chi connectivity index (χ4v) is 1.92. The van der Waals surface area contributed by atoms with Crippen molar-refractivity contribution in [3.05, 3.63) is 48.0 Å². The minimum atomic E-state index is -0.934. The molecule has 0 radical (unpaired) electrons. The highest BCUT2D eigenvalue weighted by atomic mass is 19.1. The van der Waals surface area contributed by atoms with Crippen LogP contribution in [0.5, 0.6) is 0 Å². The number of rotatable bonds is 6. The second-order valence-electron chi connectivity index (χ2n) is 4.98. The lowest BCUT2D eigenvalue weighted by molar-refractivity contribution is -0.129. The van der Waals surface area contributed by atoms with Gasteiger partial charge in [-0.1, -0.05) is 19.1 Å². The van der Waals surface area contributed by atoms with E-state index in [1.54, 1.807) is 18.2 Å².